The highest BCUT2D eigenvalue weighted by Gasteiger charge is 2.31. The fourth-order valence-corrected chi connectivity index (χ4v) is 3.67. The lowest BCUT2D eigenvalue weighted by Gasteiger charge is -2.08. The third kappa shape index (κ3) is 1.68. The molecule has 0 atom stereocenters. The first kappa shape index (κ1) is 13.1. The monoisotopic (exact) mass is 308 g/mol. The Morgan fingerprint density at radius 3 is 2.58 bits per heavy atom. The van der Waals surface area contributed by atoms with Gasteiger partial charge in [-0.1, -0.05) is 60.7 Å². The van der Waals surface area contributed by atoms with E-state index in [4.69, 9.17) is 6.57 Å². The fourth-order valence-electron chi connectivity index (χ4n) is 3.67. The number of rotatable bonds is 1. The summed E-state index contributed by atoms with van der Waals surface area (Å²) >= 11 is 0. The second kappa shape index (κ2) is 4.81. The summed E-state index contributed by atoms with van der Waals surface area (Å²) in [6, 6.07) is 22.8. The first-order chi connectivity index (χ1) is 11.9. The number of benzene rings is 3. The van der Waals surface area contributed by atoms with E-state index in [-0.39, 0.29) is 0 Å². The van der Waals surface area contributed by atoms with Crippen molar-refractivity contribution in [3.63, 3.8) is 0 Å². The van der Waals surface area contributed by atoms with Gasteiger partial charge in [-0.3, -0.25) is 0 Å². The Hall–Kier alpha value is -3.38. The van der Waals surface area contributed by atoms with E-state index >= 15 is 0 Å². The Morgan fingerprint density at radius 2 is 1.75 bits per heavy atom. The summed E-state index contributed by atoms with van der Waals surface area (Å²) in [6.07, 6.45) is 2.14. The summed E-state index contributed by atoms with van der Waals surface area (Å²) < 4.78 is 4.41. The maximum Gasteiger partial charge on any atom is 0.217 e. The molecule has 4 aromatic rings. The van der Waals surface area contributed by atoms with Gasteiger partial charge in [0.2, 0.25) is 11.9 Å². The number of hydrogen-bond acceptors (Lipinski definition) is 0. The van der Waals surface area contributed by atoms with Gasteiger partial charge >= 0.3 is 0 Å². The average Bonchev–Trinajstić information content (AvgIpc) is 3.17. The molecular weight excluding hydrogens is 294 g/mol. The topological polar surface area (TPSA) is 13.2 Å². The minimum Gasteiger partial charge on any atom is -0.236 e. The second-order valence-corrected chi connectivity index (χ2v) is 6.04. The summed E-state index contributed by atoms with van der Waals surface area (Å²) in [5, 5.41) is 1.11. The van der Waals surface area contributed by atoms with Crippen LogP contribution in [0.25, 0.3) is 32.6 Å². The summed E-state index contributed by atoms with van der Waals surface area (Å²) in [6.45, 7) is 8.37. The molecular formula is C21H14N3+. The highest BCUT2D eigenvalue weighted by atomic mass is 15.4. The van der Waals surface area contributed by atoms with Gasteiger partial charge in [-0.05, 0) is 11.6 Å². The third-order valence-corrected chi connectivity index (χ3v) is 4.67. The van der Waals surface area contributed by atoms with Crippen LogP contribution in [0.3, 0.4) is 0 Å². The zero-order chi connectivity index (χ0) is 16.1. The van der Waals surface area contributed by atoms with Gasteiger partial charge in [0.05, 0.1) is 12.0 Å². The second-order valence-electron chi connectivity index (χ2n) is 6.04. The smallest absolute Gasteiger partial charge is 0.217 e. The van der Waals surface area contributed by atoms with Crippen LogP contribution in [-0.4, -0.2) is 4.68 Å². The molecule has 0 radical (unpaired) electrons. The van der Waals surface area contributed by atoms with Gasteiger partial charge in [0.1, 0.15) is 11.2 Å². The molecule has 0 N–H and O–H groups in total. The summed E-state index contributed by atoms with van der Waals surface area (Å²) in [5.74, 6) is 0. The highest BCUT2D eigenvalue weighted by molar-refractivity contribution is 5.93. The standard InChI is InChI=1S/C21H14N3/c1-22-19-12-6-10-17-14-23-13-16-9-5-11-18(15-7-3-2-4-8-15)20(16)24(23)21(17)19/h2-12,14H,13H2/q+1. The lowest BCUT2D eigenvalue weighted by atomic mass is 10.0. The lowest BCUT2D eigenvalue weighted by molar-refractivity contribution is -0.749. The van der Waals surface area contributed by atoms with Crippen LogP contribution in [0.1, 0.15) is 5.56 Å². The minimum absolute atomic E-state index is 0.696. The van der Waals surface area contributed by atoms with Crippen LogP contribution in [0.15, 0.2) is 72.9 Å². The van der Waals surface area contributed by atoms with Gasteiger partial charge in [-0.25, -0.2) is 4.85 Å². The summed E-state index contributed by atoms with van der Waals surface area (Å²) in [5.41, 5.74) is 6.58. The molecule has 0 bridgehead atoms. The predicted octanol–water partition coefficient (Wildman–Crippen LogP) is 4.50. The van der Waals surface area contributed by atoms with Crippen molar-refractivity contribution in [2.75, 3.05) is 0 Å². The van der Waals surface area contributed by atoms with Crippen LogP contribution in [0.4, 0.5) is 5.69 Å². The van der Waals surface area contributed by atoms with E-state index in [1.165, 1.54) is 22.4 Å². The van der Waals surface area contributed by atoms with Crippen LogP contribution in [0, 0.1) is 6.57 Å². The molecule has 3 aromatic carbocycles. The first-order valence-electron chi connectivity index (χ1n) is 7.96. The molecule has 1 aromatic heterocycles. The van der Waals surface area contributed by atoms with Crippen molar-refractivity contribution >= 4 is 16.6 Å². The van der Waals surface area contributed by atoms with E-state index in [0.717, 1.165) is 17.4 Å². The van der Waals surface area contributed by atoms with Crippen molar-refractivity contribution in [1.82, 2.24) is 4.68 Å². The number of nitrogens with zero attached hydrogens (tertiary/aromatic N) is 3. The van der Waals surface area contributed by atoms with Gasteiger partial charge in [-0.15, -0.1) is 9.36 Å². The summed E-state index contributed by atoms with van der Waals surface area (Å²) in [4.78, 5) is 3.74. The van der Waals surface area contributed by atoms with Crippen LogP contribution in [0.2, 0.25) is 0 Å². The SMILES string of the molecule is [C-]#[N+]c1cccc2c[n+]3n(c12)-c1c(cccc1-c1ccccc1)C3. The normalized spacial score (nSPS) is 12.0. The van der Waals surface area contributed by atoms with E-state index in [0.29, 0.717) is 5.69 Å². The first-order valence-corrected chi connectivity index (χ1v) is 7.96. The van der Waals surface area contributed by atoms with Crippen molar-refractivity contribution in [2.24, 2.45) is 0 Å². The molecule has 3 nitrogen and oxygen atoms in total. The zero-order valence-electron chi connectivity index (χ0n) is 13.0. The van der Waals surface area contributed by atoms with E-state index in [2.05, 4.69) is 68.9 Å². The van der Waals surface area contributed by atoms with E-state index in [9.17, 15) is 0 Å². The molecule has 5 rings (SSSR count). The molecule has 1 aliphatic rings. The number of fused-ring (bicyclic) bond motifs is 5. The molecule has 24 heavy (non-hydrogen) atoms. The Labute approximate surface area is 139 Å². The third-order valence-electron chi connectivity index (χ3n) is 4.67. The Morgan fingerprint density at radius 1 is 0.917 bits per heavy atom. The zero-order valence-corrected chi connectivity index (χ0v) is 13.0. The number of para-hydroxylation sites is 2. The molecule has 0 unspecified atom stereocenters. The van der Waals surface area contributed by atoms with Crippen LogP contribution in [0.5, 0.6) is 0 Å². The minimum atomic E-state index is 0.696. The molecule has 112 valence electrons. The fraction of sp³-hybridized carbons (Fsp3) is 0.0476. The molecule has 0 amide bonds. The van der Waals surface area contributed by atoms with Crippen molar-refractivity contribution in [3.05, 3.63) is 89.9 Å². The highest BCUT2D eigenvalue weighted by Crippen LogP contribution is 2.36. The van der Waals surface area contributed by atoms with Gasteiger partial charge in [-0.2, -0.15) is 0 Å². The average molecular weight is 308 g/mol. The predicted molar refractivity (Wildman–Crippen MR) is 94.3 cm³/mol. The number of aromatic nitrogens is 2. The van der Waals surface area contributed by atoms with Crippen LogP contribution >= 0.6 is 0 Å². The molecule has 1 aliphatic heterocycles. The van der Waals surface area contributed by atoms with E-state index in [1.807, 2.05) is 18.2 Å². The van der Waals surface area contributed by atoms with Gasteiger partial charge in [0, 0.05) is 11.1 Å². The Kier molecular flexibility index (Phi) is 2.62. The molecule has 0 saturated heterocycles. The van der Waals surface area contributed by atoms with Crippen LogP contribution < -0.4 is 4.68 Å². The maximum absolute atomic E-state index is 7.53. The lowest BCUT2D eigenvalue weighted by Crippen LogP contribution is -2.36. The Bertz CT molecular complexity index is 1130. The Balaban J connectivity index is 1.89. The largest absolute Gasteiger partial charge is 0.236 e. The van der Waals surface area contributed by atoms with Crippen LogP contribution in [-0.2, 0) is 6.54 Å². The van der Waals surface area contributed by atoms with Gasteiger partial charge in [0.25, 0.3) is 0 Å². The van der Waals surface area contributed by atoms with Crippen molar-refractivity contribution in [3.8, 4) is 16.8 Å². The molecule has 0 spiro atoms. The van der Waals surface area contributed by atoms with Crippen molar-refractivity contribution < 1.29 is 4.68 Å². The van der Waals surface area contributed by atoms with Gasteiger partial charge < -0.3 is 0 Å². The summed E-state index contributed by atoms with van der Waals surface area (Å²) in [7, 11) is 0. The van der Waals surface area contributed by atoms with Crippen molar-refractivity contribution in [1.29, 1.82) is 0 Å². The van der Waals surface area contributed by atoms with E-state index in [1.54, 1.807) is 0 Å². The van der Waals surface area contributed by atoms with E-state index < -0.39 is 0 Å². The number of hydrogen-bond donors (Lipinski definition) is 0. The molecule has 0 aliphatic carbocycles. The molecule has 0 fully saturated rings. The van der Waals surface area contributed by atoms with Gasteiger partial charge in [0.15, 0.2) is 6.54 Å². The molecule has 0 saturated carbocycles. The maximum atomic E-state index is 7.53. The molecule has 2 heterocycles. The molecule has 3 heteroatoms. The quantitative estimate of drug-likeness (QED) is 0.320. The van der Waals surface area contributed by atoms with Crippen molar-refractivity contribution in [2.45, 2.75) is 6.54 Å².